The maximum absolute atomic E-state index is 12.5. The first-order valence-electron chi connectivity index (χ1n) is 5.21. The maximum Gasteiger partial charge on any atom is 0.417 e. The summed E-state index contributed by atoms with van der Waals surface area (Å²) >= 11 is 0. The summed E-state index contributed by atoms with van der Waals surface area (Å²) in [6.07, 6.45) is 0.0251. The lowest BCUT2D eigenvalue weighted by Gasteiger charge is -2.20. The largest absolute Gasteiger partial charge is 0.417 e. The third-order valence-corrected chi connectivity index (χ3v) is 2.99. The van der Waals surface area contributed by atoms with E-state index in [9.17, 15) is 13.2 Å². The number of likely N-dealkylation sites (tertiary alicyclic amines) is 1. The Morgan fingerprint density at radius 2 is 2.12 bits per heavy atom. The highest BCUT2D eigenvalue weighted by Gasteiger charge is 2.32. The van der Waals surface area contributed by atoms with Gasteiger partial charge in [0.2, 0.25) is 0 Å². The average Bonchev–Trinajstić information content (AvgIpc) is 2.63. The van der Waals surface area contributed by atoms with Gasteiger partial charge in [0.05, 0.1) is 5.56 Å². The SMILES string of the molecule is CN1CCCC1c1cncc(C(F)(F)F)c1. The van der Waals surface area contributed by atoms with Gasteiger partial charge in [-0.1, -0.05) is 0 Å². The fraction of sp³-hybridized carbons (Fsp3) is 0.545. The molecule has 0 spiro atoms. The van der Waals surface area contributed by atoms with Crippen molar-refractivity contribution >= 4 is 0 Å². The monoisotopic (exact) mass is 230 g/mol. The summed E-state index contributed by atoms with van der Waals surface area (Å²) in [5, 5.41) is 0. The van der Waals surface area contributed by atoms with Gasteiger partial charge in [-0.25, -0.2) is 0 Å². The van der Waals surface area contributed by atoms with Gasteiger partial charge in [-0.3, -0.25) is 9.88 Å². The number of rotatable bonds is 1. The molecule has 2 heterocycles. The predicted octanol–water partition coefficient (Wildman–Crippen LogP) is 2.87. The van der Waals surface area contributed by atoms with E-state index in [2.05, 4.69) is 9.88 Å². The van der Waals surface area contributed by atoms with Crippen molar-refractivity contribution in [3.63, 3.8) is 0 Å². The summed E-state index contributed by atoms with van der Waals surface area (Å²) in [5.41, 5.74) is 0.000116. The van der Waals surface area contributed by atoms with Crippen LogP contribution in [0.25, 0.3) is 0 Å². The van der Waals surface area contributed by atoms with E-state index in [1.807, 2.05) is 7.05 Å². The van der Waals surface area contributed by atoms with Gasteiger partial charge in [-0.05, 0) is 38.1 Å². The second kappa shape index (κ2) is 4.05. The normalized spacial score (nSPS) is 22.6. The Morgan fingerprint density at radius 3 is 2.69 bits per heavy atom. The molecule has 1 aliphatic heterocycles. The predicted molar refractivity (Wildman–Crippen MR) is 53.8 cm³/mol. The molecule has 2 nitrogen and oxygen atoms in total. The highest BCUT2D eigenvalue weighted by atomic mass is 19.4. The Bertz CT molecular complexity index is 376. The quantitative estimate of drug-likeness (QED) is 0.737. The van der Waals surface area contributed by atoms with Crippen LogP contribution >= 0.6 is 0 Å². The first kappa shape index (κ1) is 11.4. The Kier molecular flexibility index (Phi) is 2.88. The van der Waals surface area contributed by atoms with Gasteiger partial charge >= 0.3 is 6.18 Å². The van der Waals surface area contributed by atoms with Crippen LogP contribution in [0.3, 0.4) is 0 Å². The van der Waals surface area contributed by atoms with Crippen LogP contribution in [-0.4, -0.2) is 23.5 Å². The van der Waals surface area contributed by atoms with E-state index in [4.69, 9.17) is 0 Å². The van der Waals surface area contributed by atoms with Crippen LogP contribution in [0.1, 0.15) is 30.0 Å². The topological polar surface area (TPSA) is 16.1 Å². The Hall–Kier alpha value is -1.10. The van der Waals surface area contributed by atoms with Gasteiger partial charge in [-0.15, -0.1) is 0 Å². The zero-order valence-electron chi connectivity index (χ0n) is 8.96. The number of pyridine rings is 1. The highest BCUT2D eigenvalue weighted by Crippen LogP contribution is 2.34. The summed E-state index contributed by atoms with van der Waals surface area (Å²) < 4.78 is 37.5. The molecule has 0 aliphatic carbocycles. The molecular formula is C11H13F3N2. The van der Waals surface area contributed by atoms with Crippen LogP contribution in [0, 0.1) is 0 Å². The van der Waals surface area contributed by atoms with Gasteiger partial charge in [0.1, 0.15) is 0 Å². The summed E-state index contributed by atoms with van der Waals surface area (Å²) in [6.45, 7) is 0.931. The van der Waals surface area contributed by atoms with Crippen LogP contribution in [0.4, 0.5) is 13.2 Å². The minimum absolute atomic E-state index is 0.0785. The maximum atomic E-state index is 12.5. The van der Waals surface area contributed by atoms with Gasteiger partial charge in [-0.2, -0.15) is 13.2 Å². The number of hydrogen-bond acceptors (Lipinski definition) is 2. The van der Waals surface area contributed by atoms with Crippen molar-refractivity contribution < 1.29 is 13.2 Å². The van der Waals surface area contributed by atoms with Crippen molar-refractivity contribution in [3.05, 3.63) is 29.6 Å². The van der Waals surface area contributed by atoms with Crippen molar-refractivity contribution in [2.75, 3.05) is 13.6 Å². The molecule has 1 aromatic rings. The number of nitrogens with zero attached hydrogens (tertiary/aromatic N) is 2. The van der Waals surface area contributed by atoms with Crippen LogP contribution in [-0.2, 0) is 6.18 Å². The molecule has 0 saturated carbocycles. The van der Waals surface area contributed by atoms with E-state index < -0.39 is 11.7 Å². The van der Waals surface area contributed by atoms with E-state index >= 15 is 0 Å². The van der Waals surface area contributed by atoms with Crippen LogP contribution in [0.2, 0.25) is 0 Å². The van der Waals surface area contributed by atoms with Crippen molar-refractivity contribution in [1.82, 2.24) is 9.88 Å². The minimum atomic E-state index is -4.31. The smallest absolute Gasteiger partial charge is 0.299 e. The standard InChI is InChI=1S/C11H13F3N2/c1-16-4-2-3-10(16)8-5-9(7-15-6-8)11(12,13)14/h5-7,10H,2-4H2,1H3. The number of aromatic nitrogens is 1. The second-order valence-electron chi connectivity index (χ2n) is 4.14. The summed E-state index contributed by atoms with van der Waals surface area (Å²) in [5.74, 6) is 0. The lowest BCUT2D eigenvalue weighted by atomic mass is 10.1. The summed E-state index contributed by atoms with van der Waals surface area (Å²) in [6, 6.07) is 1.29. The molecule has 0 amide bonds. The summed E-state index contributed by atoms with van der Waals surface area (Å²) in [4.78, 5) is 5.75. The molecule has 0 N–H and O–H groups in total. The third-order valence-electron chi connectivity index (χ3n) is 2.99. The van der Waals surface area contributed by atoms with Crippen molar-refractivity contribution in [2.24, 2.45) is 0 Å². The Balaban J connectivity index is 2.29. The lowest BCUT2D eigenvalue weighted by molar-refractivity contribution is -0.137. The molecule has 0 bridgehead atoms. The molecular weight excluding hydrogens is 217 g/mol. The first-order valence-corrected chi connectivity index (χ1v) is 5.21. The van der Waals surface area contributed by atoms with Gasteiger partial charge < -0.3 is 0 Å². The first-order chi connectivity index (χ1) is 7.48. The molecule has 0 radical (unpaired) electrons. The molecule has 1 aliphatic rings. The third kappa shape index (κ3) is 2.19. The average molecular weight is 230 g/mol. The van der Waals surface area contributed by atoms with Crippen LogP contribution < -0.4 is 0 Å². The van der Waals surface area contributed by atoms with Crippen molar-refractivity contribution in [2.45, 2.75) is 25.1 Å². The van der Waals surface area contributed by atoms with E-state index in [0.29, 0.717) is 5.56 Å². The number of halogens is 3. The fourth-order valence-corrected chi connectivity index (χ4v) is 2.13. The van der Waals surface area contributed by atoms with Gasteiger partial charge in [0.25, 0.3) is 0 Å². The molecule has 1 aromatic heterocycles. The second-order valence-corrected chi connectivity index (χ2v) is 4.14. The molecule has 2 rings (SSSR count). The number of hydrogen-bond donors (Lipinski definition) is 0. The van der Waals surface area contributed by atoms with Crippen molar-refractivity contribution in [3.8, 4) is 0 Å². The van der Waals surface area contributed by atoms with Crippen molar-refractivity contribution in [1.29, 1.82) is 0 Å². The van der Waals surface area contributed by atoms with E-state index in [1.165, 1.54) is 12.3 Å². The lowest BCUT2D eigenvalue weighted by Crippen LogP contribution is -2.18. The number of alkyl halides is 3. The van der Waals surface area contributed by atoms with Crippen LogP contribution in [0.5, 0.6) is 0 Å². The molecule has 88 valence electrons. The molecule has 1 atom stereocenters. The van der Waals surface area contributed by atoms with Crippen LogP contribution in [0.15, 0.2) is 18.5 Å². The van der Waals surface area contributed by atoms with E-state index in [1.54, 1.807) is 0 Å². The van der Waals surface area contributed by atoms with E-state index in [-0.39, 0.29) is 6.04 Å². The molecule has 5 heteroatoms. The summed E-state index contributed by atoms with van der Waals surface area (Å²) in [7, 11) is 1.93. The molecule has 1 saturated heterocycles. The zero-order chi connectivity index (χ0) is 11.8. The fourth-order valence-electron chi connectivity index (χ4n) is 2.13. The Morgan fingerprint density at radius 1 is 1.38 bits per heavy atom. The minimum Gasteiger partial charge on any atom is -0.299 e. The molecule has 1 unspecified atom stereocenters. The highest BCUT2D eigenvalue weighted by molar-refractivity contribution is 5.24. The van der Waals surface area contributed by atoms with Gasteiger partial charge in [0.15, 0.2) is 0 Å². The molecule has 1 fully saturated rings. The zero-order valence-corrected chi connectivity index (χ0v) is 8.96. The molecule has 16 heavy (non-hydrogen) atoms. The van der Waals surface area contributed by atoms with Gasteiger partial charge in [0, 0.05) is 18.4 Å². The molecule has 0 aromatic carbocycles. The Labute approximate surface area is 92.1 Å². The van der Waals surface area contributed by atoms with E-state index in [0.717, 1.165) is 25.6 Å².